The third-order valence-corrected chi connectivity index (χ3v) is 4.86. The number of para-hydroxylation sites is 2. The molecule has 8 nitrogen and oxygen atoms in total. The highest BCUT2D eigenvalue weighted by Gasteiger charge is 2.17. The van der Waals surface area contributed by atoms with E-state index in [-0.39, 0.29) is 5.91 Å². The summed E-state index contributed by atoms with van der Waals surface area (Å²) >= 11 is 1.47. The lowest BCUT2D eigenvalue weighted by atomic mass is 10.2. The summed E-state index contributed by atoms with van der Waals surface area (Å²) in [5.41, 5.74) is 1.19. The van der Waals surface area contributed by atoms with Crippen molar-refractivity contribution in [1.82, 2.24) is 9.38 Å². The summed E-state index contributed by atoms with van der Waals surface area (Å²) in [4.78, 5) is 30.7. The number of hydrogen-bond donors (Lipinski definition) is 2. The van der Waals surface area contributed by atoms with Gasteiger partial charge in [0.05, 0.1) is 23.7 Å². The van der Waals surface area contributed by atoms with Gasteiger partial charge in [0.2, 0.25) is 5.91 Å². The average Bonchev–Trinajstić information content (AvgIpc) is 3.23. The van der Waals surface area contributed by atoms with Crippen molar-refractivity contribution >= 4 is 45.7 Å². The lowest BCUT2D eigenvalue weighted by Gasteiger charge is -2.20. The quantitative estimate of drug-likeness (QED) is 0.506. The SMILES string of the molecule is CCOCc1cn2cc(/C=C/C(=O)Nc3ccccc3NC(=O)OC(C)(C)C)sc2n1. The molecule has 2 heterocycles. The lowest BCUT2D eigenvalue weighted by Crippen LogP contribution is -2.27. The van der Waals surface area contributed by atoms with Gasteiger partial charge >= 0.3 is 6.09 Å². The molecule has 0 fully saturated rings. The van der Waals surface area contributed by atoms with Crippen LogP contribution in [0.4, 0.5) is 16.2 Å². The summed E-state index contributed by atoms with van der Waals surface area (Å²) < 4.78 is 12.5. The summed E-state index contributed by atoms with van der Waals surface area (Å²) in [5.74, 6) is -0.318. The van der Waals surface area contributed by atoms with Crippen molar-refractivity contribution in [2.24, 2.45) is 0 Å². The van der Waals surface area contributed by atoms with Crippen LogP contribution in [0.2, 0.25) is 0 Å². The van der Waals surface area contributed by atoms with Crippen LogP contribution in [0.1, 0.15) is 38.3 Å². The summed E-state index contributed by atoms with van der Waals surface area (Å²) in [6.45, 7) is 8.42. The van der Waals surface area contributed by atoms with Crippen molar-refractivity contribution in [2.45, 2.75) is 39.9 Å². The molecule has 2 aromatic heterocycles. The van der Waals surface area contributed by atoms with Gasteiger partial charge in [-0.05, 0) is 45.9 Å². The van der Waals surface area contributed by atoms with Gasteiger partial charge in [0, 0.05) is 30.0 Å². The summed E-state index contributed by atoms with van der Waals surface area (Å²) in [7, 11) is 0. The maximum absolute atomic E-state index is 12.4. The molecular weight excluding hydrogens is 416 g/mol. The minimum atomic E-state index is -0.616. The summed E-state index contributed by atoms with van der Waals surface area (Å²) in [6, 6.07) is 6.93. The van der Waals surface area contributed by atoms with Gasteiger partial charge in [0.1, 0.15) is 5.60 Å². The average molecular weight is 443 g/mol. The molecule has 2 N–H and O–H groups in total. The fraction of sp³-hybridized carbons (Fsp3) is 0.318. The van der Waals surface area contributed by atoms with E-state index >= 15 is 0 Å². The van der Waals surface area contributed by atoms with Crippen LogP contribution >= 0.6 is 11.3 Å². The Kier molecular flexibility index (Phi) is 7.09. The van der Waals surface area contributed by atoms with Crippen LogP contribution in [-0.4, -0.2) is 33.6 Å². The van der Waals surface area contributed by atoms with Crippen molar-refractivity contribution in [1.29, 1.82) is 0 Å². The van der Waals surface area contributed by atoms with Crippen molar-refractivity contribution < 1.29 is 19.1 Å². The van der Waals surface area contributed by atoms with Gasteiger partial charge in [0.15, 0.2) is 4.96 Å². The Bertz CT molecular complexity index is 1060. The van der Waals surface area contributed by atoms with Crippen molar-refractivity contribution in [3.05, 3.63) is 53.3 Å². The van der Waals surface area contributed by atoms with E-state index in [1.165, 1.54) is 17.4 Å². The number of thiazole rings is 1. The molecule has 0 radical (unpaired) electrons. The fourth-order valence-electron chi connectivity index (χ4n) is 2.66. The van der Waals surface area contributed by atoms with Crippen molar-refractivity contribution in [2.75, 3.05) is 17.2 Å². The first kappa shape index (κ1) is 22.5. The number of nitrogens with one attached hydrogen (secondary N) is 2. The van der Waals surface area contributed by atoms with E-state index in [0.717, 1.165) is 15.5 Å². The number of rotatable bonds is 7. The first-order valence-electron chi connectivity index (χ1n) is 9.87. The minimum absolute atomic E-state index is 0.318. The molecule has 3 rings (SSSR count). The van der Waals surface area contributed by atoms with Gasteiger partial charge in [-0.15, -0.1) is 0 Å². The Balaban J connectivity index is 1.63. The molecule has 0 unspecified atom stereocenters. The van der Waals surface area contributed by atoms with Crippen LogP contribution in [0.5, 0.6) is 0 Å². The van der Waals surface area contributed by atoms with Crippen molar-refractivity contribution in [3.63, 3.8) is 0 Å². The molecule has 9 heteroatoms. The maximum atomic E-state index is 12.4. The molecule has 0 aliphatic heterocycles. The number of carbonyl (C=O) groups excluding carboxylic acids is 2. The largest absolute Gasteiger partial charge is 0.444 e. The summed E-state index contributed by atoms with van der Waals surface area (Å²) in [6.07, 6.45) is 6.40. The number of imidazole rings is 1. The van der Waals surface area contributed by atoms with Crippen LogP contribution in [0, 0.1) is 0 Å². The Morgan fingerprint density at radius 2 is 1.87 bits per heavy atom. The standard InChI is InChI=1S/C22H26N4O4S/c1-5-29-14-15-12-26-13-16(31-20(26)23-15)10-11-19(27)24-17-8-6-7-9-18(17)25-21(28)30-22(2,3)4/h6-13H,5,14H2,1-4H3,(H,24,27)(H,25,28)/b11-10+. The third-order valence-electron chi connectivity index (χ3n) is 3.90. The van der Waals surface area contributed by atoms with E-state index < -0.39 is 11.7 Å². The van der Waals surface area contributed by atoms with Gasteiger partial charge in [-0.3, -0.25) is 14.5 Å². The van der Waals surface area contributed by atoms with E-state index in [4.69, 9.17) is 9.47 Å². The Hall–Kier alpha value is -3.17. The summed E-state index contributed by atoms with van der Waals surface area (Å²) in [5, 5.41) is 5.44. The number of amides is 2. The zero-order valence-electron chi connectivity index (χ0n) is 18.0. The minimum Gasteiger partial charge on any atom is -0.444 e. The predicted molar refractivity (Wildman–Crippen MR) is 122 cm³/mol. The van der Waals surface area contributed by atoms with Crippen LogP contribution < -0.4 is 10.6 Å². The fourth-order valence-corrected chi connectivity index (χ4v) is 3.55. The molecule has 3 aromatic rings. The predicted octanol–water partition coefficient (Wildman–Crippen LogP) is 4.93. The molecule has 0 spiro atoms. The Labute approximate surface area is 184 Å². The Morgan fingerprint density at radius 3 is 2.52 bits per heavy atom. The highest BCUT2D eigenvalue weighted by Crippen LogP contribution is 2.23. The molecule has 0 aliphatic carbocycles. The van der Waals surface area contributed by atoms with E-state index in [0.29, 0.717) is 24.6 Å². The van der Waals surface area contributed by atoms with Crippen molar-refractivity contribution in [3.8, 4) is 0 Å². The van der Waals surface area contributed by atoms with Gasteiger partial charge in [-0.1, -0.05) is 23.5 Å². The number of anilines is 2. The number of nitrogens with zero attached hydrogens (tertiary/aromatic N) is 2. The molecule has 0 saturated carbocycles. The highest BCUT2D eigenvalue weighted by atomic mass is 32.1. The van der Waals surface area contributed by atoms with Gasteiger partial charge in [0.25, 0.3) is 0 Å². The monoisotopic (exact) mass is 442 g/mol. The number of benzene rings is 1. The van der Waals surface area contributed by atoms with Crippen LogP contribution in [-0.2, 0) is 20.9 Å². The zero-order valence-corrected chi connectivity index (χ0v) is 18.8. The molecule has 0 aliphatic rings. The smallest absolute Gasteiger partial charge is 0.412 e. The number of ether oxygens (including phenoxy) is 2. The Morgan fingerprint density at radius 1 is 1.16 bits per heavy atom. The van der Waals surface area contributed by atoms with Crippen LogP contribution in [0.3, 0.4) is 0 Å². The molecule has 164 valence electrons. The second-order valence-electron chi connectivity index (χ2n) is 7.69. The topological polar surface area (TPSA) is 94.0 Å². The lowest BCUT2D eigenvalue weighted by molar-refractivity contribution is -0.111. The van der Waals surface area contributed by atoms with Crippen LogP contribution in [0.25, 0.3) is 11.0 Å². The molecule has 0 saturated heterocycles. The molecule has 0 bridgehead atoms. The molecular formula is C22H26N4O4S. The third kappa shape index (κ3) is 6.66. The van der Waals surface area contributed by atoms with E-state index in [1.54, 1.807) is 51.1 Å². The van der Waals surface area contributed by atoms with E-state index in [1.807, 2.05) is 23.7 Å². The molecule has 31 heavy (non-hydrogen) atoms. The second kappa shape index (κ2) is 9.76. The van der Waals surface area contributed by atoms with Gasteiger partial charge in [-0.2, -0.15) is 0 Å². The normalized spacial score (nSPS) is 11.7. The zero-order chi connectivity index (χ0) is 22.4. The maximum Gasteiger partial charge on any atom is 0.412 e. The van der Waals surface area contributed by atoms with Gasteiger partial charge < -0.3 is 14.8 Å². The number of aromatic nitrogens is 2. The number of hydrogen-bond acceptors (Lipinski definition) is 6. The molecule has 1 aromatic carbocycles. The second-order valence-corrected chi connectivity index (χ2v) is 8.73. The highest BCUT2D eigenvalue weighted by molar-refractivity contribution is 7.17. The number of carbonyl (C=O) groups is 2. The van der Waals surface area contributed by atoms with Crippen LogP contribution in [0.15, 0.2) is 42.7 Å². The first-order valence-corrected chi connectivity index (χ1v) is 10.7. The van der Waals surface area contributed by atoms with Gasteiger partial charge in [-0.25, -0.2) is 9.78 Å². The molecule has 0 atom stereocenters. The van der Waals surface area contributed by atoms with E-state index in [9.17, 15) is 9.59 Å². The number of fused-ring (bicyclic) bond motifs is 1. The van der Waals surface area contributed by atoms with E-state index in [2.05, 4.69) is 15.6 Å². The first-order chi connectivity index (χ1) is 14.7. The molecule has 2 amide bonds.